The summed E-state index contributed by atoms with van der Waals surface area (Å²) in [6.07, 6.45) is -0.903. The number of benzene rings is 2. The van der Waals surface area contributed by atoms with Crippen molar-refractivity contribution < 1.29 is 14.3 Å². The number of thiazole rings is 1. The van der Waals surface area contributed by atoms with E-state index in [4.69, 9.17) is 4.74 Å². The summed E-state index contributed by atoms with van der Waals surface area (Å²) >= 11 is 1.45. The van der Waals surface area contributed by atoms with Crippen molar-refractivity contribution in [2.45, 2.75) is 33.8 Å². The van der Waals surface area contributed by atoms with Gasteiger partial charge in [-0.3, -0.25) is 4.79 Å². The van der Waals surface area contributed by atoms with E-state index in [1.807, 2.05) is 32.9 Å². The van der Waals surface area contributed by atoms with Crippen LogP contribution in [-0.4, -0.2) is 23.0 Å². The van der Waals surface area contributed by atoms with E-state index in [2.05, 4.69) is 10.3 Å². The van der Waals surface area contributed by atoms with E-state index in [-0.39, 0.29) is 5.91 Å². The molecule has 0 saturated carbocycles. The molecule has 0 aliphatic carbocycles. The van der Waals surface area contributed by atoms with Crippen molar-refractivity contribution in [3.63, 3.8) is 0 Å². The Balaban J connectivity index is 1.70. The summed E-state index contributed by atoms with van der Waals surface area (Å²) in [7, 11) is 0. The molecular formula is C20H20N2O3S. The number of anilines is 1. The van der Waals surface area contributed by atoms with Crippen molar-refractivity contribution in [1.29, 1.82) is 0 Å². The molecule has 0 aliphatic heterocycles. The highest BCUT2D eigenvalue weighted by Crippen LogP contribution is 2.23. The lowest BCUT2D eigenvalue weighted by atomic mass is 10.0. The number of esters is 1. The first-order valence-corrected chi connectivity index (χ1v) is 9.16. The average Bonchev–Trinajstić information content (AvgIpc) is 3.05. The van der Waals surface area contributed by atoms with Crippen LogP contribution in [0, 0.1) is 20.8 Å². The zero-order chi connectivity index (χ0) is 18.8. The molecule has 3 aromatic rings. The zero-order valence-corrected chi connectivity index (χ0v) is 15.9. The minimum absolute atomic E-state index is 0.354. The van der Waals surface area contributed by atoms with Gasteiger partial charge in [0.25, 0.3) is 5.91 Å². The fourth-order valence-electron chi connectivity index (χ4n) is 2.87. The lowest BCUT2D eigenvalue weighted by Gasteiger charge is -2.17. The van der Waals surface area contributed by atoms with E-state index >= 15 is 0 Å². The molecule has 6 heteroatoms. The number of aryl methyl sites for hydroxylation is 3. The van der Waals surface area contributed by atoms with Crippen LogP contribution >= 0.6 is 11.3 Å². The van der Waals surface area contributed by atoms with Crippen molar-refractivity contribution in [3.05, 3.63) is 58.1 Å². The Morgan fingerprint density at radius 2 is 1.81 bits per heavy atom. The highest BCUT2D eigenvalue weighted by molar-refractivity contribution is 7.16. The van der Waals surface area contributed by atoms with Gasteiger partial charge >= 0.3 is 5.97 Å². The molecule has 5 nitrogen and oxygen atoms in total. The Labute approximate surface area is 156 Å². The first-order chi connectivity index (χ1) is 12.3. The maximum Gasteiger partial charge on any atom is 0.338 e. The van der Waals surface area contributed by atoms with Crippen LogP contribution in [0.15, 0.2) is 35.8 Å². The number of nitrogens with one attached hydrogen (secondary N) is 1. The Hall–Kier alpha value is -2.73. The SMILES string of the molecule is Cc1cc(C)c(NC(=O)[C@@H](C)OC(=O)c2ccc3ncsc3c2)c(C)c1. The standard InChI is InChI=1S/C20H20N2O3S/c1-11-7-12(2)18(13(3)8-11)22-19(23)14(4)25-20(24)15-5-6-16-17(9-15)26-10-21-16/h5-10,14H,1-4H3,(H,22,23)/t14-/m1/s1. The molecule has 0 fully saturated rings. The zero-order valence-electron chi connectivity index (χ0n) is 15.1. The van der Waals surface area contributed by atoms with E-state index in [1.165, 1.54) is 11.3 Å². The van der Waals surface area contributed by atoms with Crippen LogP contribution in [0.1, 0.15) is 34.0 Å². The van der Waals surface area contributed by atoms with Crippen LogP contribution in [0.3, 0.4) is 0 Å². The third kappa shape index (κ3) is 3.75. The second kappa shape index (κ2) is 7.25. The molecule has 134 valence electrons. The largest absolute Gasteiger partial charge is 0.449 e. The van der Waals surface area contributed by atoms with Crippen LogP contribution in [0.4, 0.5) is 5.69 Å². The molecule has 0 radical (unpaired) electrons. The molecule has 1 N–H and O–H groups in total. The smallest absolute Gasteiger partial charge is 0.338 e. The van der Waals surface area contributed by atoms with Gasteiger partial charge in [0, 0.05) is 5.69 Å². The molecule has 1 atom stereocenters. The minimum Gasteiger partial charge on any atom is -0.449 e. The van der Waals surface area contributed by atoms with Gasteiger partial charge in [0.1, 0.15) is 0 Å². The quantitative estimate of drug-likeness (QED) is 0.693. The molecule has 26 heavy (non-hydrogen) atoms. The Kier molecular flexibility index (Phi) is 5.04. The maximum absolute atomic E-state index is 12.4. The van der Waals surface area contributed by atoms with Crippen LogP contribution in [-0.2, 0) is 9.53 Å². The molecule has 2 aromatic carbocycles. The van der Waals surface area contributed by atoms with E-state index < -0.39 is 12.1 Å². The second-order valence-corrected chi connectivity index (χ2v) is 7.23. The summed E-state index contributed by atoms with van der Waals surface area (Å²) in [4.78, 5) is 29.0. The highest BCUT2D eigenvalue weighted by atomic mass is 32.1. The van der Waals surface area contributed by atoms with Gasteiger partial charge in [-0.25, -0.2) is 9.78 Å². The van der Waals surface area contributed by atoms with Gasteiger partial charge < -0.3 is 10.1 Å². The van der Waals surface area contributed by atoms with Crippen molar-refractivity contribution in [2.75, 3.05) is 5.32 Å². The summed E-state index contributed by atoms with van der Waals surface area (Å²) in [5, 5.41) is 2.86. The third-order valence-electron chi connectivity index (χ3n) is 4.15. The molecular weight excluding hydrogens is 348 g/mol. The van der Waals surface area contributed by atoms with Gasteiger partial charge in [-0.15, -0.1) is 11.3 Å². The van der Waals surface area contributed by atoms with Gasteiger partial charge in [-0.2, -0.15) is 0 Å². The summed E-state index contributed by atoms with van der Waals surface area (Å²) in [6.45, 7) is 7.46. The molecule has 1 amide bonds. The topological polar surface area (TPSA) is 68.3 Å². The van der Waals surface area contributed by atoms with E-state index in [0.29, 0.717) is 5.56 Å². The highest BCUT2D eigenvalue weighted by Gasteiger charge is 2.20. The second-order valence-electron chi connectivity index (χ2n) is 6.35. The Bertz CT molecular complexity index is 971. The van der Waals surface area contributed by atoms with E-state index in [1.54, 1.807) is 30.6 Å². The molecule has 0 unspecified atom stereocenters. The molecule has 3 rings (SSSR count). The Morgan fingerprint density at radius 1 is 1.12 bits per heavy atom. The first-order valence-electron chi connectivity index (χ1n) is 8.28. The molecule has 1 heterocycles. The molecule has 0 spiro atoms. The predicted molar refractivity (Wildman–Crippen MR) is 104 cm³/mol. The van der Waals surface area contributed by atoms with Gasteiger partial charge in [0.15, 0.2) is 6.10 Å². The number of aromatic nitrogens is 1. The van der Waals surface area contributed by atoms with E-state index in [9.17, 15) is 9.59 Å². The molecule has 0 aliphatic rings. The fraction of sp³-hybridized carbons (Fsp3) is 0.250. The van der Waals surface area contributed by atoms with Crippen LogP contribution in [0.25, 0.3) is 10.2 Å². The number of ether oxygens (including phenoxy) is 1. The molecule has 1 aromatic heterocycles. The van der Waals surface area contributed by atoms with Crippen LogP contribution < -0.4 is 5.32 Å². The number of hydrogen-bond acceptors (Lipinski definition) is 5. The van der Waals surface area contributed by atoms with Crippen LogP contribution in [0.2, 0.25) is 0 Å². The van der Waals surface area contributed by atoms with E-state index in [0.717, 1.165) is 32.6 Å². The number of hydrogen-bond donors (Lipinski definition) is 1. The van der Waals surface area contributed by atoms with Gasteiger partial charge in [0.05, 0.1) is 21.3 Å². The maximum atomic E-state index is 12.4. The Morgan fingerprint density at radius 3 is 2.50 bits per heavy atom. The van der Waals surface area contributed by atoms with Crippen LogP contribution in [0.5, 0.6) is 0 Å². The van der Waals surface area contributed by atoms with Crippen molar-refractivity contribution in [2.24, 2.45) is 0 Å². The molecule has 0 saturated heterocycles. The summed E-state index contributed by atoms with van der Waals surface area (Å²) in [5.41, 5.74) is 6.81. The number of rotatable bonds is 4. The first kappa shape index (κ1) is 18.1. The molecule has 0 bridgehead atoms. The summed E-state index contributed by atoms with van der Waals surface area (Å²) in [5.74, 6) is -0.882. The monoisotopic (exact) mass is 368 g/mol. The van der Waals surface area contributed by atoms with Crippen molar-refractivity contribution in [1.82, 2.24) is 4.98 Å². The number of amides is 1. The van der Waals surface area contributed by atoms with Crippen molar-refractivity contribution in [3.8, 4) is 0 Å². The normalized spacial score (nSPS) is 12.0. The minimum atomic E-state index is -0.903. The fourth-order valence-corrected chi connectivity index (χ4v) is 3.58. The third-order valence-corrected chi connectivity index (χ3v) is 4.94. The van der Waals surface area contributed by atoms with Gasteiger partial charge in [-0.05, 0) is 57.0 Å². The number of carbonyl (C=O) groups is 2. The van der Waals surface area contributed by atoms with Crippen molar-refractivity contribution >= 4 is 39.1 Å². The summed E-state index contributed by atoms with van der Waals surface area (Å²) in [6, 6.07) is 9.16. The lowest BCUT2D eigenvalue weighted by Crippen LogP contribution is -2.30. The van der Waals surface area contributed by atoms with Gasteiger partial charge in [-0.1, -0.05) is 17.7 Å². The lowest BCUT2D eigenvalue weighted by molar-refractivity contribution is -0.123. The average molecular weight is 368 g/mol. The number of nitrogens with zero attached hydrogens (tertiary/aromatic N) is 1. The summed E-state index contributed by atoms with van der Waals surface area (Å²) < 4.78 is 6.24. The van der Waals surface area contributed by atoms with Gasteiger partial charge in [0.2, 0.25) is 0 Å². The number of carbonyl (C=O) groups excluding carboxylic acids is 2. The number of fused-ring (bicyclic) bond motifs is 1. The predicted octanol–water partition coefficient (Wildman–Crippen LogP) is 4.41.